The number of aryl methyl sites for hydroxylation is 1. The molecule has 37 heavy (non-hydrogen) atoms. The van der Waals surface area contributed by atoms with Crippen molar-refractivity contribution in [1.82, 2.24) is 19.7 Å². The van der Waals surface area contributed by atoms with Crippen LogP contribution in [0, 0.1) is 18.6 Å². The van der Waals surface area contributed by atoms with Crippen LogP contribution in [-0.4, -0.2) is 40.1 Å². The van der Waals surface area contributed by atoms with Crippen LogP contribution in [0.25, 0.3) is 0 Å². The molecule has 0 bridgehead atoms. The molecule has 0 saturated carbocycles. The molecule has 192 valence electrons. The second-order valence-electron chi connectivity index (χ2n) is 8.43. The van der Waals surface area contributed by atoms with Crippen molar-refractivity contribution in [3.8, 4) is 11.5 Å². The zero-order valence-electron chi connectivity index (χ0n) is 20.2. The van der Waals surface area contributed by atoms with Crippen LogP contribution in [-0.2, 0) is 16.1 Å². The molecule has 4 aromatic rings. The molecule has 5 rings (SSSR count). The van der Waals surface area contributed by atoms with Crippen molar-refractivity contribution in [3.05, 3.63) is 89.5 Å². The molecule has 0 atom stereocenters. The molecule has 2 aromatic heterocycles. The van der Waals surface area contributed by atoms with Crippen molar-refractivity contribution < 1.29 is 27.7 Å². The van der Waals surface area contributed by atoms with E-state index in [0.717, 1.165) is 5.56 Å². The Morgan fingerprint density at radius 3 is 2.49 bits per heavy atom. The van der Waals surface area contributed by atoms with Crippen molar-refractivity contribution in [2.75, 3.05) is 25.6 Å². The minimum atomic E-state index is -0.800. The number of nitrogens with zero attached hydrogens (tertiary/aromatic N) is 4. The monoisotopic (exact) mass is 509 g/mol. The fourth-order valence-corrected chi connectivity index (χ4v) is 3.87. The molecule has 1 saturated heterocycles. The SMILES string of the molecule is COc1cc(C)c(F)c(COc2cnc(Nc3cnn(C4COC(c5ccccc5)OC4)c3)nc2)c1F. The Labute approximate surface area is 212 Å². The minimum Gasteiger partial charge on any atom is -0.494 e. The van der Waals surface area contributed by atoms with Gasteiger partial charge in [-0.3, -0.25) is 4.68 Å². The smallest absolute Gasteiger partial charge is 0.227 e. The maximum Gasteiger partial charge on any atom is 0.227 e. The number of nitrogens with one attached hydrogen (secondary N) is 1. The van der Waals surface area contributed by atoms with Crippen molar-refractivity contribution in [2.45, 2.75) is 25.9 Å². The van der Waals surface area contributed by atoms with Gasteiger partial charge in [0.05, 0.1) is 56.2 Å². The summed E-state index contributed by atoms with van der Waals surface area (Å²) in [5, 5.41) is 7.45. The average Bonchev–Trinajstić information content (AvgIpc) is 3.40. The Morgan fingerprint density at radius 2 is 1.78 bits per heavy atom. The van der Waals surface area contributed by atoms with E-state index in [1.165, 1.54) is 32.5 Å². The van der Waals surface area contributed by atoms with E-state index in [9.17, 15) is 8.78 Å². The molecule has 3 heterocycles. The zero-order chi connectivity index (χ0) is 25.8. The first-order valence-corrected chi connectivity index (χ1v) is 11.6. The zero-order valence-corrected chi connectivity index (χ0v) is 20.2. The predicted molar refractivity (Wildman–Crippen MR) is 130 cm³/mol. The van der Waals surface area contributed by atoms with Crippen molar-refractivity contribution in [1.29, 1.82) is 0 Å². The summed E-state index contributed by atoms with van der Waals surface area (Å²) in [6.45, 7) is 2.10. The molecule has 11 heteroatoms. The third kappa shape index (κ3) is 5.52. The lowest BCUT2D eigenvalue weighted by Gasteiger charge is -2.29. The van der Waals surface area contributed by atoms with Gasteiger partial charge in [-0.05, 0) is 18.6 Å². The van der Waals surface area contributed by atoms with Gasteiger partial charge in [0.15, 0.2) is 23.6 Å². The van der Waals surface area contributed by atoms with Crippen LogP contribution in [0.3, 0.4) is 0 Å². The summed E-state index contributed by atoms with van der Waals surface area (Å²) in [6, 6.07) is 11.0. The van der Waals surface area contributed by atoms with E-state index in [0.29, 0.717) is 24.8 Å². The van der Waals surface area contributed by atoms with Crippen LogP contribution in [0.15, 0.2) is 61.2 Å². The Balaban J connectivity index is 1.16. The minimum absolute atomic E-state index is 0.0452. The molecule has 0 spiro atoms. The summed E-state index contributed by atoms with van der Waals surface area (Å²) in [5.74, 6) is -0.965. The van der Waals surface area contributed by atoms with Crippen molar-refractivity contribution >= 4 is 11.6 Å². The highest BCUT2D eigenvalue weighted by Crippen LogP contribution is 2.29. The van der Waals surface area contributed by atoms with Gasteiger partial charge in [0.2, 0.25) is 5.95 Å². The lowest BCUT2D eigenvalue weighted by Crippen LogP contribution is -2.29. The number of aromatic nitrogens is 4. The molecular formula is C26H25F2N5O4. The van der Waals surface area contributed by atoms with Crippen LogP contribution in [0.2, 0.25) is 0 Å². The first-order chi connectivity index (χ1) is 18.0. The van der Waals surface area contributed by atoms with Crippen LogP contribution in [0.5, 0.6) is 11.5 Å². The van der Waals surface area contributed by atoms with Crippen LogP contribution in [0.1, 0.15) is 29.0 Å². The number of hydrogen-bond acceptors (Lipinski definition) is 8. The Kier molecular flexibility index (Phi) is 7.24. The van der Waals surface area contributed by atoms with Gasteiger partial charge in [-0.1, -0.05) is 30.3 Å². The standard InChI is InChI=1S/C26H25F2N5O4/c1-16-8-22(34-2)24(28)21(23(16)27)15-35-20-10-29-26(30-11-20)32-18-9-31-33(12-18)19-13-36-25(37-14-19)17-6-4-3-5-7-17/h3-12,19,25H,13-15H2,1-2H3,(H,29,30,32). The van der Waals surface area contributed by atoms with Crippen LogP contribution < -0.4 is 14.8 Å². The number of halogens is 2. The van der Waals surface area contributed by atoms with E-state index >= 15 is 0 Å². The maximum atomic E-state index is 14.4. The number of methoxy groups -OCH3 is 1. The van der Waals surface area contributed by atoms with E-state index in [-0.39, 0.29) is 41.6 Å². The fraction of sp³-hybridized carbons (Fsp3) is 0.269. The lowest BCUT2D eigenvalue weighted by molar-refractivity contribution is -0.202. The fourth-order valence-electron chi connectivity index (χ4n) is 3.87. The molecule has 1 N–H and O–H groups in total. The molecule has 1 aliphatic rings. The highest BCUT2D eigenvalue weighted by Gasteiger charge is 2.25. The van der Waals surface area contributed by atoms with E-state index in [4.69, 9.17) is 18.9 Å². The van der Waals surface area contributed by atoms with Gasteiger partial charge in [-0.25, -0.2) is 18.7 Å². The van der Waals surface area contributed by atoms with E-state index in [1.807, 2.05) is 36.5 Å². The predicted octanol–water partition coefficient (Wildman–Crippen LogP) is 4.88. The molecule has 2 aromatic carbocycles. The number of benzene rings is 2. The van der Waals surface area contributed by atoms with Gasteiger partial charge in [0.1, 0.15) is 12.4 Å². The van der Waals surface area contributed by atoms with E-state index in [1.54, 1.807) is 10.9 Å². The molecule has 0 radical (unpaired) electrons. The van der Waals surface area contributed by atoms with Gasteiger partial charge in [-0.15, -0.1) is 0 Å². The van der Waals surface area contributed by atoms with Gasteiger partial charge in [0.25, 0.3) is 0 Å². The summed E-state index contributed by atoms with van der Waals surface area (Å²) in [7, 11) is 1.32. The maximum absolute atomic E-state index is 14.4. The number of rotatable bonds is 8. The van der Waals surface area contributed by atoms with Gasteiger partial charge < -0.3 is 24.3 Å². The summed E-state index contributed by atoms with van der Waals surface area (Å²) in [4.78, 5) is 8.40. The number of ether oxygens (including phenoxy) is 4. The third-order valence-electron chi connectivity index (χ3n) is 5.85. The average molecular weight is 510 g/mol. The Hall–Kier alpha value is -4.09. The van der Waals surface area contributed by atoms with Crippen LogP contribution in [0.4, 0.5) is 20.4 Å². The third-order valence-corrected chi connectivity index (χ3v) is 5.85. The summed E-state index contributed by atoms with van der Waals surface area (Å²) < 4.78 is 52.8. The quantitative estimate of drug-likeness (QED) is 0.359. The van der Waals surface area contributed by atoms with E-state index in [2.05, 4.69) is 20.4 Å². The summed E-state index contributed by atoms with van der Waals surface area (Å²) in [5.41, 5.74) is 1.69. The van der Waals surface area contributed by atoms with Gasteiger partial charge in [0, 0.05) is 11.8 Å². The highest BCUT2D eigenvalue weighted by atomic mass is 19.1. The molecule has 1 aliphatic heterocycles. The molecule has 0 unspecified atom stereocenters. The first kappa shape index (κ1) is 24.6. The molecule has 0 aliphatic carbocycles. The molecule has 0 amide bonds. The molecular weight excluding hydrogens is 484 g/mol. The second-order valence-corrected chi connectivity index (χ2v) is 8.43. The molecule has 9 nitrogen and oxygen atoms in total. The lowest BCUT2D eigenvalue weighted by atomic mass is 10.1. The Morgan fingerprint density at radius 1 is 1.05 bits per heavy atom. The topological polar surface area (TPSA) is 92.6 Å². The largest absolute Gasteiger partial charge is 0.494 e. The Bertz CT molecular complexity index is 1340. The normalized spacial score (nSPS) is 17.4. The molecule has 1 fully saturated rings. The highest BCUT2D eigenvalue weighted by molar-refractivity contribution is 5.50. The number of hydrogen-bond donors (Lipinski definition) is 1. The van der Waals surface area contributed by atoms with Gasteiger partial charge in [-0.2, -0.15) is 5.10 Å². The van der Waals surface area contributed by atoms with Crippen LogP contribution >= 0.6 is 0 Å². The van der Waals surface area contributed by atoms with E-state index < -0.39 is 11.6 Å². The van der Waals surface area contributed by atoms with Gasteiger partial charge >= 0.3 is 0 Å². The summed E-state index contributed by atoms with van der Waals surface area (Å²) in [6.07, 6.45) is 5.89. The summed E-state index contributed by atoms with van der Waals surface area (Å²) >= 11 is 0. The van der Waals surface area contributed by atoms with Crippen molar-refractivity contribution in [3.63, 3.8) is 0 Å². The first-order valence-electron chi connectivity index (χ1n) is 11.6. The second kappa shape index (κ2) is 10.9. The van der Waals surface area contributed by atoms with Crippen molar-refractivity contribution in [2.24, 2.45) is 0 Å². The number of anilines is 2.